The zero-order valence-corrected chi connectivity index (χ0v) is 12.0. The third kappa shape index (κ3) is 3.96. The normalized spacial score (nSPS) is 22.4. The van der Waals surface area contributed by atoms with Crippen molar-refractivity contribution in [1.82, 2.24) is 5.32 Å². The van der Waals surface area contributed by atoms with Crippen LogP contribution in [-0.2, 0) is 22.4 Å². The Labute approximate surface area is 127 Å². The summed E-state index contributed by atoms with van der Waals surface area (Å²) in [6.45, 7) is 0. The maximum Gasteiger partial charge on any atom is 0.320 e. The molecule has 1 fully saturated rings. The molecular weight excluding hydrogens is 288 g/mol. The molecule has 0 saturated carbocycles. The van der Waals surface area contributed by atoms with E-state index in [1.165, 1.54) is 6.07 Å². The van der Waals surface area contributed by atoms with Crippen molar-refractivity contribution in [2.75, 3.05) is 0 Å². The van der Waals surface area contributed by atoms with Crippen LogP contribution < -0.4 is 11.1 Å². The van der Waals surface area contributed by atoms with Gasteiger partial charge in [-0.1, -0.05) is 6.07 Å². The van der Waals surface area contributed by atoms with E-state index in [1.807, 2.05) is 0 Å². The summed E-state index contributed by atoms with van der Waals surface area (Å²) in [5, 5.41) is 30.6. The molecule has 7 nitrogen and oxygen atoms in total. The van der Waals surface area contributed by atoms with Gasteiger partial charge in [-0.2, -0.15) is 0 Å². The predicted molar refractivity (Wildman–Crippen MR) is 78.7 cm³/mol. The van der Waals surface area contributed by atoms with E-state index in [1.54, 1.807) is 12.1 Å². The monoisotopic (exact) mass is 308 g/mol. The van der Waals surface area contributed by atoms with Gasteiger partial charge in [-0.15, -0.1) is 0 Å². The highest BCUT2D eigenvalue weighted by atomic mass is 16.4. The molecule has 6 N–H and O–H groups in total. The van der Waals surface area contributed by atoms with Gasteiger partial charge in [0.05, 0.1) is 0 Å². The first kappa shape index (κ1) is 16.3. The molecule has 2 rings (SSSR count). The first-order chi connectivity index (χ1) is 10.4. The fraction of sp³-hybridized carbons (Fsp3) is 0.467. The van der Waals surface area contributed by atoms with E-state index in [9.17, 15) is 14.7 Å². The summed E-state index contributed by atoms with van der Waals surface area (Å²) in [6, 6.07) is 3.17. The maximum atomic E-state index is 11.0. The van der Waals surface area contributed by atoms with Crippen molar-refractivity contribution in [3.05, 3.63) is 29.3 Å². The maximum absolute atomic E-state index is 11.0. The second-order valence-corrected chi connectivity index (χ2v) is 5.64. The topological polar surface area (TPSA) is 133 Å². The van der Waals surface area contributed by atoms with Gasteiger partial charge in [0.1, 0.15) is 17.8 Å². The molecule has 1 aliphatic rings. The van der Waals surface area contributed by atoms with Gasteiger partial charge in [-0.3, -0.25) is 9.59 Å². The molecule has 1 saturated heterocycles. The zero-order chi connectivity index (χ0) is 16.3. The lowest BCUT2D eigenvalue weighted by molar-refractivity contribution is -0.139. The average Bonchev–Trinajstić information content (AvgIpc) is 2.90. The number of phenolic OH excluding ortho intramolecular Hbond substituents is 1. The first-order valence-electron chi connectivity index (χ1n) is 7.15. The Bertz CT molecular complexity index is 575. The number of hydrogen-bond donors (Lipinski definition) is 5. The molecule has 120 valence electrons. The Balaban J connectivity index is 2.11. The van der Waals surface area contributed by atoms with E-state index >= 15 is 0 Å². The van der Waals surface area contributed by atoms with E-state index in [0.717, 1.165) is 17.5 Å². The second-order valence-electron chi connectivity index (χ2n) is 5.64. The largest absolute Gasteiger partial charge is 0.508 e. The number of carbonyl (C=O) groups is 2. The van der Waals surface area contributed by atoms with Crippen molar-refractivity contribution in [3.8, 4) is 5.75 Å². The molecule has 0 aromatic heterocycles. The Kier molecular flexibility index (Phi) is 4.99. The number of rotatable bonds is 6. The van der Waals surface area contributed by atoms with Gasteiger partial charge in [-0.25, -0.2) is 0 Å². The molecule has 0 radical (unpaired) electrons. The molecule has 1 aromatic rings. The lowest BCUT2D eigenvalue weighted by Crippen LogP contribution is -2.36. The fourth-order valence-electron chi connectivity index (χ4n) is 2.77. The lowest BCUT2D eigenvalue weighted by Gasteiger charge is -2.17. The molecule has 1 heterocycles. The minimum atomic E-state index is -1.08. The Hall–Kier alpha value is -2.12. The molecule has 0 aliphatic carbocycles. The van der Waals surface area contributed by atoms with E-state index < -0.39 is 24.0 Å². The molecule has 1 aromatic carbocycles. The smallest absolute Gasteiger partial charge is 0.320 e. The Morgan fingerprint density at radius 3 is 2.59 bits per heavy atom. The lowest BCUT2D eigenvalue weighted by atomic mass is 9.95. The number of benzene rings is 1. The van der Waals surface area contributed by atoms with Crippen LogP contribution in [0.5, 0.6) is 5.75 Å². The minimum Gasteiger partial charge on any atom is -0.508 e. The van der Waals surface area contributed by atoms with Crippen LogP contribution in [-0.4, -0.2) is 45.4 Å². The number of aromatic hydroxyl groups is 1. The third-order valence-corrected chi connectivity index (χ3v) is 3.95. The summed E-state index contributed by atoms with van der Waals surface area (Å²) in [7, 11) is 0. The summed E-state index contributed by atoms with van der Waals surface area (Å²) in [6.07, 6.45) is 1.97. The van der Waals surface area contributed by atoms with Crippen LogP contribution in [0.4, 0.5) is 0 Å². The Morgan fingerprint density at radius 1 is 1.27 bits per heavy atom. The van der Waals surface area contributed by atoms with Gasteiger partial charge in [-0.05, 0) is 48.9 Å². The van der Waals surface area contributed by atoms with Crippen molar-refractivity contribution >= 4 is 11.9 Å². The zero-order valence-electron chi connectivity index (χ0n) is 12.0. The standard InChI is InChI=1S/C15H20N2O5/c16-12(14(19)20)7-8-1-3-11(18)6-9(8)5-10-2-4-13(17-10)15(21)22/h1,3,6,10,12-13,17-18H,2,4-5,7,16H2,(H,19,20)(H,21,22)/t10-,12-,13?/m0/s1. The summed E-state index contributed by atoms with van der Waals surface area (Å²) < 4.78 is 0. The molecule has 0 bridgehead atoms. The van der Waals surface area contributed by atoms with Crippen LogP contribution in [0.25, 0.3) is 0 Å². The molecule has 7 heteroatoms. The molecule has 22 heavy (non-hydrogen) atoms. The molecule has 1 unspecified atom stereocenters. The quantitative estimate of drug-likeness (QED) is 0.503. The number of carboxylic acid groups (broad SMARTS) is 2. The highest BCUT2D eigenvalue weighted by molar-refractivity contribution is 5.74. The first-order valence-corrected chi connectivity index (χ1v) is 7.15. The summed E-state index contributed by atoms with van der Waals surface area (Å²) >= 11 is 0. The van der Waals surface area contributed by atoms with Crippen LogP contribution in [0.2, 0.25) is 0 Å². The van der Waals surface area contributed by atoms with Crippen LogP contribution in [0.15, 0.2) is 18.2 Å². The van der Waals surface area contributed by atoms with Gasteiger partial charge in [0.15, 0.2) is 0 Å². The van der Waals surface area contributed by atoms with Crippen molar-refractivity contribution in [3.63, 3.8) is 0 Å². The third-order valence-electron chi connectivity index (χ3n) is 3.95. The van der Waals surface area contributed by atoms with E-state index in [4.69, 9.17) is 15.9 Å². The fourth-order valence-corrected chi connectivity index (χ4v) is 2.77. The van der Waals surface area contributed by atoms with E-state index in [0.29, 0.717) is 12.8 Å². The number of nitrogens with one attached hydrogen (secondary N) is 1. The van der Waals surface area contributed by atoms with Gasteiger partial charge in [0.25, 0.3) is 0 Å². The van der Waals surface area contributed by atoms with Gasteiger partial charge < -0.3 is 26.4 Å². The number of aliphatic carboxylic acids is 2. The van der Waals surface area contributed by atoms with Crippen molar-refractivity contribution in [2.45, 2.75) is 43.8 Å². The molecule has 1 aliphatic heterocycles. The van der Waals surface area contributed by atoms with E-state index in [-0.39, 0.29) is 18.2 Å². The summed E-state index contributed by atoms with van der Waals surface area (Å²) in [4.78, 5) is 21.8. The van der Waals surface area contributed by atoms with Gasteiger partial charge in [0.2, 0.25) is 0 Å². The number of phenols is 1. The van der Waals surface area contributed by atoms with Crippen molar-refractivity contribution in [1.29, 1.82) is 0 Å². The van der Waals surface area contributed by atoms with Crippen LogP contribution in [0.3, 0.4) is 0 Å². The van der Waals surface area contributed by atoms with Gasteiger partial charge in [0, 0.05) is 6.04 Å². The molecular formula is C15H20N2O5. The van der Waals surface area contributed by atoms with Crippen molar-refractivity contribution < 1.29 is 24.9 Å². The molecule has 3 atom stereocenters. The number of hydrogen-bond acceptors (Lipinski definition) is 5. The van der Waals surface area contributed by atoms with Crippen LogP contribution in [0, 0.1) is 0 Å². The summed E-state index contributed by atoms with van der Waals surface area (Å²) in [5.41, 5.74) is 7.12. The highest BCUT2D eigenvalue weighted by Gasteiger charge is 2.29. The highest BCUT2D eigenvalue weighted by Crippen LogP contribution is 2.23. The predicted octanol–water partition coefficient (Wildman–Crippen LogP) is 0.0943. The Morgan fingerprint density at radius 2 is 2.00 bits per heavy atom. The van der Waals surface area contributed by atoms with Crippen LogP contribution in [0.1, 0.15) is 24.0 Å². The summed E-state index contributed by atoms with van der Waals surface area (Å²) in [5.74, 6) is -1.86. The molecule has 0 amide bonds. The van der Waals surface area contributed by atoms with Crippen molar-refractivity contribution in [2.24, 2.45) is 5.73 Å². The molecule has 0 spiro atoms. The van der Waals surface area contributed by atoms with Gasteiger partial charge >= 0.3 is 11.9 Å². The van der Waals surface area contributed by atoms with E-state index in [2.05, 4.69) is 5.32 Å². The minimum absolute atomic E-state index is 0.0114. The SMILES string of the molecule is N[C@@H](Cc1ccc(O)cc1C[C@@H]1CCC(C(=O)O)N1)C(=O)O. The number of nitrogens with two attached hydrogens (primary N) is 1. The number of carboxylic acids is 2. The van der Waals surface area contributed by atoms with Crippen LogP contribution >= 0.6 is 0 Å². The average molecular weight is 308 g/mol. The second kappa shape index (κ2) is 6.76.